The molecule has 1 amide bonds. The van der Waals surface area contributed by atoms with E-state index in [-0.39, 0.29) is 17.6 Å². The van der Waals surface area contributed by atoms with Gasteiger partial charge in [0.15, 0.2) is 5.69 Å². The third kappa shape index (κ3) is 3.71. The minimum absolute atomic E-state index is 0.101. The first-order chi connectivity index (χ1) is 15.5. The van der Waals surface area contributed by atoms with E-state index in [4.69, 9.17) is 16.2 Å². The van der Waals surface area contributed by atoms with E-state index in [0.717, 1.165) is 66.5 Å². The maximum atomic E-state index is 13.3. The molecule has 1 atom stereocenters. The van der Waals surface area contributed by atoms with Crippen LogP contribution in [0.3, 0.4) is 0 Å². The quantitative estimate of drug-likeness (QED) is 0.580. The molecule has 3 aromatic rings. The van der Waals surface area contributed by atoms with Gasteiger partial charge in [-0.05, 0) is 37.0 Å². The van der Waals surface area contributed by atoms with Crippen LogP contribution in [0.25, 0.3) is 10.9 Å². The number of nitrogens with two attached hydrogens (primary N) is 2. The van der Waals surface area contributed by atoms with Gasteiger partial charge in [0.2, 0.25) is 5.88 Å². The van der Waals surface area contributed by atoms with Crippen LogP contribution in [-0.2, 0) is 12.8 Å². The molecule has 5 N–H and O–H groups in total. The molecule has 4 heterocycles. The van der Waals surface area contributed by atoms with Crippen LogP contribution in [0.2, 0.25) is 0 Å². The van der Waals surface area contributed by atoms with Gasteiger partial charge in [-0.1, -0.05) is 19.1 Å². The van der Waals surface area contributed by atoms with Crippen LogP contribution in [0.1, 0.15) is 41.4 Å². The number of benzene rings is 1. The van der Waals surface area contributed by atoms with Crippen molar-refractivity contribution in [3.8, 4) is 5.88 Å². The van der Waals surface area contributed by atoms with Gasteiger partial charge in [0.1, 0.15) is 0 Å². The normalized spacial score (nSPS) is 17.8. The molecule has 32 heavy (non-hydrogen) atoms. The Bertz CT molecular complexity index is 1190. The van der Waals surface area contributed by atoms with Crippen molar-refractivity contribution in [3.63, 3.8) is 0 Å². The Labute approximate surface area is 187 Å². The summed E-state index contributed by atoms with van der Waals surface area (Å²) in [4.78, 5) is 24.5. The van der Waals surface area contributed by atoms with E-state index in [9.17, 15) is 4.79 Å². The second kappa shape index (κ2) is 8.27. The minimum Gasteiger partial charge on any atom is -0.477 e. The summed E-state index contributed by atoms with van der Waals surface area (Å²) in [5, 5.41) is 3.93. The smallest absolute Gasteiger partial charge is 0.276 e. The van der Waals surface area contributed by atoms with E-state index in [0.29, 0.717) is 23.9 Å². The van der Waals surface area contributed by atoms with E-state index in [1.165, 1.54) is 0 Å². The van der Waals surface area contributed by atoms with Crippen LogP contribution in [0, 0.1) is 0 Å². The van der Waals surface area contributed by atoms with E-state index >= 15 is 0 Å². The zero-order valence-corrected chi connectivity index (χ0v) is 18.2. The van der Waals surface area contributed by atoms with Crippen LogP contribution in [0.4, 0.5) is 17.1 Å². The van der Waals surface area contributed by atoms with Crippen LogP contribution < -0.4 is 26.4 Å². The number of carbonyl (C=O) groups excluding carboxylic acids is 1. The number of carbonyl (C=O) groups is 1. The summed E-state index contributed by atoms with van der Waals surface area (Å²) in [6.45, 7) is 4.29. The zero-order valence-electron chi connectivity index (χ0n) is 18.2. The van der Waals surface area contributed by atoms with Gasteiger partial charge in [0.25, 0.3) is 5.91 Å². The molecule has 166 valence electrons. The molecule has 8 heteroatoms. The molecule has 0 radical (unpaired) electrons. The highest BCUT2D eigenvalue weighted by molar-refractivity contribution is 6.09. The standard InChI is InChI=1S/C24H28N6O2/c1-2-14-5-6-15-11-18(26)21(28-19(15)10-14)23(31)29-20-12-27-24-17(7-9-32-24)22(20)30-8-3-4-16(25)13-30/h5-6,10-12,16H,2-4,7-9,13,25-26H2,1H3,(H,29,31)/t16-/m0/s1. The Morgan fingerprint density at radius 2 is 2.22 bits per heavy atom. The Kier molecular flexibility index (Phi) is 5.30. The number of fused-ring (bicyclic) bond motifs is 2. The number of nitrogens with zero attached hydrogens (tertiary/aromatic N) is 3. The van der Waals surface area contributed by atoms with Crippen LogP contribution in [-0.4, -0.2) is 41.6 Å². The molecule has 0 aliphatic carbocycles. The number of piperidine rings is 1. The summed E-state index contributed by atoms with van der Waals surface area (Å²) in [6, 6.07) is 7.94. The SMILES string of the molecule is CCc1ccc2cc(N)c(C(=O)Nc3cnc4c(c3N3CCC[C@H](N)C3)CCO4)nc2c1. The average molecular weight is 433 g/mol. The molecule has 1 saturated heterocycles. The number of nitrogen functional groups attached to an aromatic ring is 1. The Hall–Kier alpha value is -3.39. The zero-order chi connectivity index (χ0) is 22.2. The molecular weight excluding hydrogens is 404 g/mol. The molecule has 2 aromatic heterocycles. The van der Waals surface area contributed by atoms with Crippen LogP contribution in [0.15, 0.2) is 30.5 Å². The Morgan fingerprint density at radius 1 is 1.34 bits per heavy atom. The molecule has 0 unspecified atom stereocenters. The van der Waals surface area contributed by atoms with Crippen molar-refractivity contribution in [1.29, 1.82) is 0 Å². The fraction of sp³-hybridized carbons (Fsp3) is 0.375. The predicted octanol–water partition coefficient (Wildman–Crippen LogP) is 2.89. The van der Waals surface area contributed by atoms with Crippen molar-refractivity contribution in [3.05, 3.63) is 47.3 Å². The first kappa shape index (κ1) is 20.5. The number of aryl methyl sites for hydroxylation is 1. The lowest BCUT2D eigenvalue weighted by atomic mass is 10.0. The summed E-state index contributed by atoms with van der Waals surface area (Å²) in [5.74, 6) is 0.280. The van der Waals surface area contributed by atoms with Gasteiger partial charge in [-0.25, -0.2) is 9.97 Å². The largest absolute Gasteiger partial charge is 0.477 e. The topological polar surface area (TPSA) is 119 Å². The number of amides is 1. The monoisotopic (exact) mass is 432 g/mol. The number of aromatic nitrogens is 2. The maximum absolute atomic E-state index is 13.3. The second-order valence-corrected chi connectivity index (χ2v) is 8.51. The van der Waals surface area contributed by atoms with Crippen molar-refractivity contribution < 1.29 is 9.53 Å². The molecule has 8 nitrogen and oxygen atoms in total. The van der Waals surface area contributed by atoms with E-state index < -0.39 is 0 Å². The summed E-state index contributed by atoms with van der Waals surface area (Å²) >= 11 is 0. The number of rotatable bonds is 4. The molecule has 1 fully saturated rings. The Balaban J connectivity index is 1.51. The van der Waals surface area contributed by atoms with Crippen molar-refractivity contribution in [2.75, 3.05) is 35.6 Å². The minimum atomic E-state index is -0.352. The van der Waals surface area contributed by atoms with Crippen molar-refractivity contribution in [2.24, 2.45) is 5.73 Å². The summed E-state index contributed by atoms with van der Waals surface area (Å²) in [6.07, 6.45) is 5.31. The number of ether oxygens (including phenoxy) is 1. The molecule has 1 aromatic carbocycles. The second-order valence-electron chi connectivity index (χ2n) is 8.51. The fourth-order valence-corrected chi connectivity index (χ4v) is 4.60. The van der Waals surface area contributed by atoms with Gasteiger partial charge in [-0.15, -0.1) is 0 Å². The number of hydrogen-bond donors (Lipinski definition) is 3. The lowest BCUT2D eigenvalue weighted by Crippen LogP contribution is -2.43. The first-order valence-electron chi connectivity index (χ1n) is 11.2. The third-order valence-electron chi connectivity index (χ3n) is 6.26. The van der Waals surface area contributed by atoms with Crippen LogP contribution >= 0.6 is 0 Å². The van der Waals surface area contributed by atoms with Crippen LogP contribution in [0.5, 0.6) is 5.88 Å². The van der Waals surface area contributed by atoms with Gasteiger partial charge in [0, 0.05) is 36.5 Å². The predicted molar refractivity (Wildman–Crippen MR) is 126 cm³/mol. The molecule has 0 saturated carbocycles. The van der Waals surface area contributed by atoms with E-state index in [1.54, 1.807) is 12.3 Å². The summed E-state index contributed by atoms with van der Waals surface area (Å²) in [7, 11) is 0. The molecule has 0 bridgehead atoms. The Morgan fingerprint density at radius 3 is 3.03 bits per heavy atom. The van der Waals surface area contributed by atoms with Crippen molar-refractivity contribution in [2.45, 2.75) is 38.6 Å². The highest BCUT2D eigenvalue weighted by atomic mass is 16.5. The maximum Gasteiger partial charge on any atom is 0.276 e. The summed E-state index contributed by atoms with van der Waals surface area (Å²) in [5.41, 5.74) is 17.5. The number of nitrogens with one attached hydrogen (secondary N) is 1. The van der Waals surface area contributed by atoms with Gasteiger partial charge >= 0.3 is 0 Å². The third-order valence-corrected chi connectivity index (χ3v) is 6.26. The average Bonchev–Trinajstić information content (AvgIpc) is 3.27. The van der Waals surface area contributed by atoms with Gasteiger partial charge in [-0.2, -0.15) is 0 Å². The molecule has 0 spiro atoms. The lowest BCUT2D eigenvalue weighted by molar-refractivity contribution is 0.102. The fourth-order valence-electron chi connectivity index (χ4n) is 4.60. The van der Waals surface area contributed by atoms with Gasteiger partial charge in [0.05, 0.1) is 35.4 Å². The van der Waals surface area contributed by atoms with Gasteiger partial charge in [-0.3, -0.25) is 4.79 Å². The number of hydrogen-bond acceptors (Lipinski definition) is 7. The highest BCUT2D eigenvalue weighted by Gasteiger charge is 2.28. The molecule has 2 aliphatic rings. The van der Waals surface area contributed by atoms with Crippen molar-refractivity contribution >= 4 is 33.9 Å². The van der Waals surface area contributed by atoms with Crippen molar-refractivity contribution in [1.82, 2.24) is 9.97 Å². The van der Waals surface area contributed by atoms with E-state index in [2.05, 4.69) is 33.2 Å². The summed E-state index contributed by atoms with van der Waals surface area (Å²) < 4.78 is 5.68. The first-order valence-corrected chi connectivity index (χ1v) is 11.2. The molecular formula is C24H28N6O2. The molecule has 2 aliphatic heterocycles. The van der Waals surface area contributed by atoms with Gasteiger partial charge < -0.3 is 26.4 Å². The number of pyridine rings is 2. The highest BCUT2D eigenvalue weighted by Crippen LogP contribution is 2.39. The number of anilines is 3. The lowest BCUT2D eigenvalue weighted by Gasteiger charge is -2.34. The molecule has 5 rings (SSSR count). The van der Waals surface area contributed by atoms with E-state index in [1.807, 2.05) is 12.1 Å².